The number of hydrogen-bond donors (Lipinski definition) is 2. The molecule has 19 heavy (non-hydrogen) atoms. The molecule has 1 aromatic carbocycles. The number of nitrogens with one attached hydrogen (secondary N) is 2. The van der Waals surface area contributed by atoms with E-state index in [-0.39, 0.29) is 16.1 Å². The number of hydrogen-bond acceptors (Lipinski definition) is 5. The van der Waals surface area contributed by atoms with E-state index in [9.17, 15) is 18.0 Å². The molecule has 2 rings (SSSR count). The largest absolute Gasteiger partial charge is 0.326 e. The van der Waals surface area contributed by atoms with Gasteiger partial charge in [-0.25, -0.2) is 13.1 Å². The van der Waals surface area contributed by atoms with E-state index in [1.165, 1.54) is 12.1 Å². The van der Waals surface area contributed by atoms with Crippen molar-refractivity contribution in [3.63, 3.8) is 0 Å². The summed E-state index contributed by atoms with van der Waals surface area (Å²) in [6.07, 6.45) is 0. The Kier molecular flexibility index (Phi) is 3.11. The van der Waals surface area contributed by atoms with E-state index in [1.807, 2.05) is 4.72 Å². The lowest BCUT2D eigenvalue weighted by atomic mass is 10.2. The van der Waals surface area contributed by atoms with Gasteiger partial charge in [0.15, 0.2) is 0 Å². The summed E-state index contributed by atoms with van der Waals surface area (Å²) < 4.78 is 25.0. The highest BCUT2D eigenvalue weighted by atomic mass is 32.2. The highest BCUT2D eigenvalue weighted by Crippen LogP contribution is 2.25. The van der Waals surface area contributed by atoms with Crippen molar-refractivity contribution in [1.82, 2.24) is 4.72 Å². The number of anilines is 1. The predicted octanol–water partition coefficient (Wildman–Crippen LogP) is 0.368. The van der Waals surface area contributed by atoms with Crippen LogP contribution in [0.4, 0.5) is 5.69 Å². The summed E-state index contributed by atoms with van der Waals surface area (Å²) in [5.41, 5.74) is 8.27. The van der Waals surface area contributed by atoms with E-state index in [1.54, 1.807) is 0 Å². The van der Waals surface area contributed by atoms with Crippen molar-refractivity contribution in [1.29, 1.82) is 0 Å². The summed E-state index contributed by atoms with van der Waals surface area (Å²) in [6.45, 7) is -0.405. The fourth-order valence-corrected chi connectivity index (χ4v) is 2.73. The smallest absolute Gasteiger partial charge is 0.266 e. The van der Waals surface area contributed by atoms with Crippen LogP contribution in [0.5, 0.6) is 0 Å². The molecule has 0 atom stereocenters. The molecule has 0 aromatic heterocycles. The van der Waals surface area contributed by atoms with Crippen LogP contribution in [-0.2, 0) is 14.8 Å². The Morgan fingerprint density at radius 1 is 1.47 bits per heavy atom. The topological polar surface area (TPSA) is 141 Å². The van der Waals surface area contributed by atoms with Gasteiger partial charge in [-0.05, 0) is 23.7 Å². The summed E-state index contributed by atoms with van der Waals surface area (Å²) >= 11 is 0. The number of azide groups is 1. The van der Waals surface area contributed by atoms with Crippen molar-refractivity contribution in [2.75, 3.05) is 11.9 Å². The third kappa shape index (κ3) is 2.49. The van der Waals surface area contributed by atoms with Crippen LogP contribution in [0.25, 0.3) is 10.4 Å². The quantitative estimate of drug-likeness (QED) is 0.468. The molecule has 1 aliphatic heterocycles. The number of benzene rings is 1. The number of fused-ring (bicyclic) bond motifs is 1. The lowest BCUT2D eigenvalue weighted by Crippen LogP contribution is -2.20. The van der Waals surface area contributed by atoms with Gasteiger partial charge in [-0.1, -0.05) is 5.11 Å². The van der Waals surface area contributed by atoms with E-state index in [2.05, 4.69) is 15.3 Å². The average molecular weight is 281 g/mol. The van der Waals surface area contributed by atoms with E-state index in [4.69, 9.17) is 5.53 Å². The molecule has 1 aromatic rings. The second-order valence-corrected chi connectivity index (χ2v) is 5.23. The first-order valence-corrected chi connectivity index (χ1v) is 6.44. The van der Waals surface area contributed by atoms with Crippen LogP contribution in [-0.4, -0.2) is 26.8 Å². The molecule has 98 valence electrons. The second kappa shape index (κ2) is 4.59. The zero-order chi connectivity index (χ0) is 14.0. The third-order valence-corrected chi connectivity index (χ3v) is 3.68. The first-order valence-electron chi connectivity index (χ1n) is 4.96. The van der Waals surface area contributed by atoms with Gasteiger partial charge < -0.3 is 5.32 Å². The zero-order valence-corrected chi connectivity index (χ0v) is 10.1. The molecule has 0 unspecified atom stereocenters. The van der Waals surface area contributed by atoms with Gasteiger partial charge >= 0.3 is 0 Å². The molecular formula is C9H7N5O4S. The Labute approximate surface area is 107 Å². The molecular weight excluding hydrogens is 274 g/mol. The van der Waals surface area contributed by atoms with Crippen LogP contribution < -0.4 is 10.0 Å². The van der Waals surface area contributed by atoms with Crippen molar-refractivity contribution in [3.8, 4) is 0 Å². The highest BCUT2D eigenvalue weighted by Gasteiger charge is 2.32. The summed E-state index contributed by atoms with van der Waals surface area (Å²) in [7, 11) is -3.86. The fraction of sp³-hybridized carbons (Fsp3) is 0.111. The van der Waals surface area contributed by atoms with Gasteiger partial charge in [0.1, 0.15) is 11.4 Å². The van der Waals surface area contributed by atoms with Crippen molar-refractivity contribution < 1.29 is 18.0 Å². The van der Waals surface area contributed by atoms with Crippen molar-refractivity contribution in [2.45, 2.75) is 4.90 Å². The van der Waals surface area contributed by atoms with Crippen molar-refractivity contribution in [2.24, 2.45) is 5.11 Å². The predicted molar refractivity (Wildman–Crippen MR) is 63.7 cm³/mol. The van der Waals surface area contributed by atoms with E-state index < -0.39 is 28.4 Å². The average Bonchev–Trinajstić information content (AvgIpc) is 2.57. The number of rotatable bonds is 3. The van der Waals surface area contributed by atoms with E-state index >= 15 is 0 Å². The molecule has 0 saturated carbocycles. The molecule has 0 saturated heterocycles. The minimum Gasteiger partial charge on any atom is -0.326 e. The van der Waals surface area contributed by atoms with Gasteiger partial charge in [0.2, 0.25) is 5.91 Å². The van der Waals surface area contributed by atoms with Crippen molar-refractivity contribution >= 4 is 27.5 Å². The van der Waals surface area contributed by atoms with Crippen LogP contribution in [0.3, 0.4) is 0 Å². The molecule has 0 fully saturated rings. The van der Waals surface area contributed by atoms with Gasteiger partial charge in [-0.15, -0.1) is 0 Å². The molecule has 10 heteroatoms. The SMILES string of the molecule is [N-]=[N+]=NCC(=O)Nc1ccc2c(c1)S(=O)(=O)NC2=O. The summed E-state index contributed by atoms with van der Waals surface area (Å²) in [6, 6.07) is 3.84. The minimum atomic E-state index is -3.86. The van der Waals surface area contributed by atoms with Crippen LogP contribution in [0.1, 0.15) is 10.4 Å². The Balaban J connectivity index is 2.30. The number of nitrogens with zero attached hydrogens (tertiary/aromatic N) is 3. The molecule has 0 bridgehead atoms. The van der Waals surface area contributed by atoms with Crippen LogP contribution >= 0.6 is 0 Å². The maximum absolute atomic E-state index is 11.6. The summed E-state index contributed by atoms with van der Waals surface area (Å²) in [5.74, 6) is -1.30. The van der Waals surface area contributed by atoms with Gasteiger partial charge in [0.05, 0.1) is 5.56 Å². The zero-order valence-electron chi connectivity index (χ0n) is 9.32. The maximum atomic E-state index is 11.6. The standard InChI is InChI=1S/C9H7N5O4S/c10-14-11-4-8(15)12-5-1-2-6-7(3-5)19(17,18)13-9(6)16/h1-3H,4H2,(H,12,15)(H,13,16). The number of sulfonamides is 1. The summed E-state index contributed by atoms with van der Waals surface area (Å²) in [4.78, 5) is 24.8. The van der Waals surface area contributed by atoms with Gasteiger partial charge in [-0.3, -0.25) is 9.59 Å². The number of carbonyl (C=O) groups excluding carboxylic acids is 2. The molecule has 0 aliphatic carbocycles. The summed E-state index contributed by atoms with van der Waals surface area (Å²) in [5, 5.41) is 5.42. The molecule has 9 nitrogen and oxygen atoms in total. The molecule has 0 radical (unpaired) electrons. The van der Waals surface area contributed by atoms with E-state index in [0.29, 0.717) is 0 Å². The van der Waals surface area contributed by atoms with Crippen LogP contribution in [0, 0.1) is 0 Å². The Morgan fingerprint density at radius 3 is 2.89 bits per heavy atom. The Hall–Kier alpha value is -2.58. The molecule has 1 aliphatic rings. The van der Waals surface area contributed by atoms with Gasteiger partial charge in [0, 0.05) is 10.6 Å². The first-order chi connectivity index (χ1) is 8.94. The fourth-order valence-electron chi connectivity index (χ4n) is 1.54. The second-order valence-electron chi connectivity index (χ2n) is 3.58. The monoisotopic (exact) mass is 281 g/mol. The van der Waals surface area contributed by atoms with Crippen molar-refractivity contribution in [3.05, 3.63) is 34.2 Å². The molecule has 1 heterocycles. The highest BCUT2D eigenvalue weighted by molar-refractivity contribution is 7.90. The lowest BCUT2D eigenvalue weighted by molar-refractivity contribution is -0.114. The molecule has 2 N–H and O–H groups in total. The first kappa shape index (κ1) is 12.9. The lowest BCUT2D eigenvalue weighted by Gasteiger charge is -2.04. The Morgan fingerprint density at radius 2 is 2.21 bits per heavy atom. The van der Waals surface area contributed by atoms with Gasteiger partial charge in [-0.2, -0.15) is 0 Å². The van der Waals surface area contributed by atoms with E-state index in [0.717, 1.165) is 6.07 Å². The Bertz CT molecular complexity index is 720. The minimum absolute atomic E-state index is 0.0213. The normalized spacial score (nSPS) is 15.1. The molecule has 2 amide bonds. The van der Waals surface area contributed by atoms with Crippen LogP contribution in [0.2, 0.25) is 0 Å². The number of amides is 2. The third-order valence-electron chi connectivity index (χ3n) is 2.30. The van der Waals surface area contributed by atoms with Crippen LogP contribution in [0.15, 0.2) is 28.2 Å². The molecule has 0 spiro atoms. The maximum Gasteiger partial charge on any atom is 0.266 e. The van der Waals surface area contributed by atoms with Gasteiger partial charge in [0.25, 0.3) is 15.9 Å². The number of carbonyl (C=O) groups is 2.